The Morgan fingerprint density at radius 2 is 1.94 bits per heavy atom. The molecule has 0 spiro atoms. The molecule has 2 rings (SSSR count). The van der Waals surface area contributed by atoms with Crippen LogP contribution in [0.2, 0.25) is 0 Å². The summed E-state index contributed by atoms with van der Waals surface area (Å²) in [4.78, 5) is 1.41. The fourth-order valence-corrected chi connectivity index (χ4v) is 3.73. The summed E-state index contributed by atoms with van der Waals surface area (Å²) < 4.78 is 1.20. The lowest BCUT2D eigenvalue weighted by atomic mass is 9.93. The molecule has 0 aliphatic rings. The maximum absolute atomic E-state index is 5.92. The predicted octanol–water partition coefficient (Wildman–Crippen LogP) is 4.18. The Morgan fingerprint density at radius 1 is 1.17 bits per heavy atom. The Balaban J connectivity index is 2.04. The van der Waals surface area contributed by atoms with Crippen LogP contribution in [0.3, 0.4) is 0 Å². The molecule has 0 aliphatic carbocycles. The normalized spacial score (nSPS) is 12.6. The van der Waals surface area contributed by atoms with Crippen molar-refractivity contribution in [1.82, 2.24) is 0 Å². The zero-order valence-corrected chi connectivity index (χ0v) is 12.9. The fourth-order valence-electron chi connectivity index (χ4n) is 2.13. The first-order valence-corrected chi connectivity index (χ1v) is 7.78. The molecule has 0 bridgehead atoms. The smallest absolute Gasteiger partial charge is 0.0701 e. The van der Waals surface area contributed by atoms with Gasteiger partial charge in [0.1, 0.15) is 0 Å². The van der Waals surface area contributed by atoms with Gasteiger partial charge in [0.25, 0.3) is 0 Å². The van der Waals surface area contributed by atoms with E-state index in [2.05, 4.69) is 59.3 Å². The molecule has 1 nitrogen and oxygen atoms in total. The number of hydrogen-bond donors (Lipinski definition) is 1. The highest BCUT2D eigenvalue weighted by atomic mass is 79.9. The van der Waals surface area contributed by atoms with Crippen LogP contribution in [0.15, 0.2) is 40.2 Å². The van der Waals surface area contributed by atoms with Crippen molar-refractivity contribution in [1.29, 1.82) is 0 Å². The summed E-state index contributed by atoms with van der Waals surface area (Å²) in [6, 6.07) is 12.9. The SMILES string of the molecule is Cc1ccccc1CC(CN)Cc1ccc(Br)s1. The third-order valence-corrected chi connectivity index (χ3v) is 4.87. The molecule has 0 amide bonds. The quantitative estimate of drug-likeness (QED) is 0.877. The number of rotatable bonds is 5. The third kappa shape index (κ3) is 3.67. The van der Waals surface area contributed by atoms with Gasteiger partial charge in [-0.2, -0.15) is 0 Å². The van der Waals surface area contributed by atoms with Crippen LogP contribution >= 0.6 is 27.3 Å². The fraction of sp³-hybridized carbons (Fsp3) is 0.333. The Kier molecular flexibility index (Phi) is 4.98. The minimum atomic E-state index is 0.525. The van der Waals surface area contributed by atoms with Crippen molar-refractivity contribution >= 4 is 27.3 Å². The van der Waals surface area contributed by atoms with E-state index in [0.29, 0.717) is 5.92 Å². The zero-order chi connectivity index (χ0) is 13.0. The van der Waals surface area contributed by atoms with Crippen LogP contribution in [0, 0.1) is 12.8 Å². The molecule has 1 atom stereocenters. The highest BCUT2D eigenvalue weighted by molar-refractivity contribution is 9.11. The second kappa shape index (κ2) is 6.50. The molecule has 1 aromatic heterocycles. The van der Waals surface area contributed by atoms with E-state index in [1.54, 1.807) is 0 Å². The molecule has 1 heterocycles. The van der Waals surface area contributed by atoms with Gasteiger partial charge in [-0.15, -0.1) is 11.3 Å². The summed E-state index contributed by atoms with van der Waals surface area (Å²) in [6.07, 6.45) is 2.14. The molecule has 0 aliphatic heterocycles. The average molecular weight is 324 g/mol. The number of aryl methyl sites for hydroxylation is 1. The topological polar surface area (TPSA) is 26.0 Å². The van der Waals surface area contributed by atoms with Crippen LogP contribution in [-0.4, -0.2) is 6.54 Å². The molecule has 2 N–H and O–H groups in total. The molecule has 0 saturated heterocycles. The first-order chi connectivity index (χ1) is 8.69. The van der Waals surface area contributed by atoms with Gasteiger partial charge in [-0.05, 0) is 71.4 Å². The van der Waals surface area contributed by atoms with Gasteiger partial charge in [0.2, 0.25) is 0 Å². The van der Waals surface area contributed by atoms with E-state index in [-0.39, 0.29) is 0 Å². The Labute approximate surface area is 121 Å². The highest BCUT2D eigenvalue weighted by Gasteiger charge is 2.11. The van der Waals surface area contributed by atoms with Crippen molar-refractivity contribution in [3.63, 3.8) is 0 Å². The molecule has 2 aromatic rings. The van der Waals surface area contributed by atoms with Gasteiger partial charge in [0.15, 0.2) is 0 Å². The number of thiophene rings is 1. The predicted molar refractivity (Wildman–Crippen MR) is 83.2 cm³/mol. The minimum Gasteiger partial charge on any atom is -0.330 e. The molecular formula is C15H18BrNS. The van der Waals surface area contributed by atoms with Crippen molar-refractivity contribution in [2.24, 2.45) is 11.7 Å². The molecule has 0 fully saturated rings. The van der Waals surface area contributed by atoms with Gasteiger partial charge in [-0.1, -0.05) is 24.3 Å². The van der Waals surface area contributed by atoms with Crippen molar-refractivity contribution in [3.05, 3.63) is 56.2 Å². The van der Waals surface area contributed by atoms with E-state index in [4.69, 9.17) is 5.73 Å². The second-order valence-corrected chi connectivity index (χ2v) is 7.19. The maximum atomic E-state index is 5.92. The van der Waals surface area contributed by atoms with Gasteiger partial charge in [-0.3, -0.25) is 0 Å². The van der Waals surface area contributed by atoms with Crippen LogP contribution in [-0.2, 0) is 12.8 Å². The molecule has 0 radical (unpaired) electrons. The molecule has 1 unspecified atom stereocenters. The van der Waals surface area contributed by atoms with E-state index in [0.717, 1.165) is 19.4 Å². The molecule has 0 saturated carbocycles. The van der Waals surface area contributed by atoms with E-state index in [9.17, 15) is 0 Å². The van der Waals surface area contributed by atoms with Gasteiger partial charge >= 0.3 is 0 Å². The molecule has 18 heavy (non-hydrogen) atoms. The van der Waals surface area contributed by atoms with E-state index >= 15 is 0 Å². The van der Waals surface area contributed by atoms with Gasteiger partial charge in [-0.25, -0.2) is 0 Å². The minimum absolute atomic E-state index is 0.525. The lowest BCUT2D eigenvalue weighted by Crippen LogP contribution is -2.19. The zero-order valence-electron chi connectivity index (χ0n) is 10.5. The van der Waals surface area contributed by atoms with E-state index in [1.807, 2.05) is 11.3 Å². The lowest BCUT2D eigenvalue weighted by molar-refractivity contribution is 0.536. The van der Waals surface area contributed by atoms with Crippen molar-refractivity contribution in [2.45, 2.75) is 19.8 Å². The summed E-state index contributed by atoms with van der Waals surface area (Å²) >= 11 is 5.32. The monoisotopic (exact) mass is 323 g/mol. The van der Waals surface area contributed by atoms with Crippen molar-refractivity contribution in [3.8, 4) is 0 Å². The highest BCUT2D eigenvalue weighted by Crippen LogP contribution is 2.25. The van der Waals surface area contributed by atoms with Crippen molar-refractivity contribution < 1.29 is 0 Å². The summed E-state index contributed by atoms with van der Waals surface area (Å²) in [5.41, 5.74) is 8.70. The third-order valence-electron chi connectivity index (χ3n) is 3.22. The Bertz CT molecular complexity index is 507. The number of halogens is 1. The largest absolute Gasteiger partial charge is 0.330 e. The summed E-state index contributed by atoms with van der Waals surface area (Å²) in [5, 5.41) is 0. The molecular weight excluding hydrogens is 306 g/mol. The van der Waals surface area contributed by atoms with E-state index in [1.165, 1.54) is 19.8 Å². The molecule has 3 heteroatoms. The maximum Gasteiger partial charge on any atom is 0.0701 e. The number of hydrogen-bond acceptors (Lipinski definition) is 2. The van der Waals surface area contributed by atoms with Gasteiger partial charge in [0, 0.05) is 4.88 Å². The molecule has 1 aromatic carbocycles. The summed E-state index contributed by atoms with van der Waals surface area (Å²) in [7, 11) is 0. The average Bonchev–Trinajstić information content (AvgIpc) is 2.76. The van der Waals surface area contributed by atoms with Crippen LogP contribution in [0.4, 0.5) is 0 Å². The standard InChI is InChI=1S/C15H18BrNS/c1-11-4-2-3-5-13(11)8-12(10-17)9-14-6-7-15(16)18-14/h2-7,12H,8-10,17H2,1H3. The summed E-state index contributed by atoms with van der Waals surface area (Å²) in [5.74, 6) is 0.525. The molecule has 96 valence electrons. The Hall–Kier alpha value is -0.640. The first kappa shape index (κ1) is 13.8. The Morgan fingerprint density at radius 3 is 2.56 bits per heavy atom. The second-order valence-electron chi connectivity index (χ2n) is 4.64. The number of benzene rings is 1. The van der Waals surface area contributed by atoms with Crippen LogP contribution in [0.5, 0.6) is 0 Å². The van der Waals surface area contributed by atoms with E-state index < -0.39 is 0 Å². The van der Waals surface area contributed by atoms with Crippen LogP contribution < -0.4 is 5.73 Å². The van der Waals surface area contributed by atoms with Gasteiger partial charge < -0.3 is 5.73 Å². The summed E-state index contributed by atoms with van der Waals surface area (Å²) in [6.45, 7) is 2.91. The van der Waals surface area contributed by atoms with Crippen LogP contribution in [0.1, 0.15) is 16.0 Å². The lowest BCUT2D eigenvalue weighted by Gasteiger charge is -2.15. The number of nitrogens with two attached hydrogens (primary N) is 1. The first-order valence-electron chi connectivity index (χ1n) is 6.18. The van der Waals surface area contributed by atoms with Crippen LogP contribution in [0.25, 0.3) is 0 Å². The van der Waals surface area contributed by atoms with Crippen molar-refractivity contribution in [2.75, 3.05) is 6.54 Å². The van der Waals surface area contributed by atoms with Gasteiger partial charge in [0.05, 0.1) is 3.79 Å².